The van der Waals surface area contributed by atoms with E-state index in [4.69, 9.17) is 13.9 Å². The molecule has 1 saturated heterocycles. The molecule has 1 fully saturated rings. The SMILES string of the molecule is O=C(NCc1ccc2c(c1)OCO2)C1CC(=O)N(Cc2ccco2)C1. The maximum atomic E-state index is 12.4. The molecule has 3 heterocycles. The van der Waals surface area contributed by atoms with E-state index in [-0.39, 0.29) is 30.9 Å². The van der Waals surface area contributed by atoms with Gasteiger partial charge in [-0.2, -0.15) is 0 Å². The van der Waals surface area contributed by atoms with Gasteiger partial charge >= 0.3 is 0 Å². The van der Waals surface area contributed by atoms with E-state index in [9.17, 15) is 9.59 Å². The predicted molar refractivity (Wildman–Crippen MR) is 86.6 cm³/mol. The normalized spacial score (nSPS) is 18.6. The van der Waals surface area contributed by atoms with Gasteiger partial charge in [-0.25, -0.2) is 0 Å². The molecule has 7 nitrogen and oxygen atoms in total. The third-order valence-electron chi connectivity index (χ3n) is 4.42. The number of amides is 2. The van der Waals surface area contributed by atoms with Crippen LogP contribution in [-0.2, 0) is 22.7 Å². The van der Waals surface area contributed by atoms with Crippen molar-refractivity contribution < 1.29 is 23.5 Å². The summed E-state index contributed by atoms with van der Waals surface area (Å²) in [6.45, 7) is 1.42. The van der Waals surface area contributed by atoms with E-state index in [2.05, 4.69) is 5.32 Å². The van der Waals surface area contributed by atoms with E-state index in [1.165, 1.54) is 0 Å². The third-order valence-corrected chi connectivity index (χ3v) is 4.42. The number of ether oxygens (including phenoxy) is 2. The Hall–Kier alpha value is -2.96. The van der Waals surface area contributed by atoms with Gasteiger partial charge in [0, 0.05) is 19.5 Å². The zero-order chi connectivity index (χ0) is 17.2. The molecule has 2 aromatic rings. The van der Waals surface area contributed by atoms with Crippen molar-refractivity contribution in [3.63, 3.8) is 0 Å². The van der Waals surface area contributed by atoms with Gasteiger partial charge in [0.1, 0.15) is 5.76 Å². The number of nitrogens with zero attached hydrogens (tertiary/aromatic N) is 1. The number of benzene rings is 1. The molecule has 25 heavy (non-hydrogen) atoms. The van der Waals surface area contributed by atoms with E-state index in [1.54, 1.807) is 17.2 Å². The lowest BCUT2D eigenvalue weighted by atomic mass is 10.1. The maximum absolute atomic E-state index is 12.4. The van der Waals surface area contributed by atoms with Crippen molar-refractivity contribution in [1.29, 1.82) is 0 Å². The first-order valence-electron chi connectivity index (χ1n) is 8.15. The first kappa shape index (κ1) is 15.6. The average molecular weight is 342 g/mol. The second-order valence-corrected chi connectivity index (χ2v) is 6.16. The van der Waals surface area contributed by atoms with Crippen LogP contribution in [0.2, 0.25) is 0 Å². The molecule has 0 aliphatic carbocycles. The highest BCUT2D eigenvalue weighted by Gasteiger charge is 2.34. The van der Waals surface area contributed by atoms with Crippen molar-refractivity contribution in [2.24, 2.45) is 5.92 Å². The van der Waals surface area contributed by atoms with Crippen LogP contribution in [0.5, 0.6) is 11.5 Å². The van der Waals surface area contributed by atoms with Gasteiger partial charge in [0.15, 0.2) is 11.5 Å². The summed E-state index contributed by atoms with van der Waals surface area (Å²) in [7, 11) is 0. The molecule has 1 aromatic carbocycles. The van der Waals surface area contributed by atoms with E-state index in [1.807, 2.05) is 24.3 Å². The maximum Gasteiger partial charge on any atom is 0.231 e. The summed E-state index contributed by atoms with van der Waals surface area (Å²) in [5, 5.41) is 2.89. The third kappa shape index (κ3) is 3.31. The van der Waals surface area contributed by atoms with Gasteiger partial charge < -0.3 is 24.1 Å². The minimum atomic E-state index is -0.337. The highest BCUT2D eigenvalue weighted by molar-refractivity contribution is 5.89. The van der Waals surface area contributed by atoms with Crippen LogP contribution in [0.25, 0.3) is 0 Å². The van der Waals surface area contributed by atoms with Crippen LogP contribution >= 0.6 is 0 Å². The predicted octanol–water partition coefficient (Wildman–Crippen LogP) is 1.67. The van der Waals surface area contributed by atoms with Gasteiger partial charge in [0.2, 0.25) is 18.6 Å². The Morgan fingerprint density at radius 3 is 2.96 bits per heavy atom. The van der Waals surface area contributed by atoms with Crippen molar-refractivity contribution in [3.05, 3.63) is 47.9 Å². The average Bonchev–Trinajstić information content (AvgIpc) is 3.34. The van der Waals surface area contributed by atoms with Crippen molar-refractivity contribution in [3.8, 4) is 11.5 Å². The highest BCUT2D eigenvalue weighted by Crippen LogP contribution is 2.32. The number of carbonyl (C=O) groups excluding carboxylic acids is 2. The summed E-state index contributed by atoms with van der Waals surface area (Å²) in [5.41, 5.74) is 0.925. The number of hydrogen-bond acceptors (Lipinski definition) is 5. The molecule has 0 spiro atoms. The summed E-state index contributed by atoms with van der Waals surface area (Å²) in [5.74, 6) is 1.64. The minimum Gasteiger partial charge on any atom is -0.467 e. The van der Waals surface area contributed by atoms with Gasteiger partial charge in [-0.05, 0) is 29.8 Å². The number of likely N-dealkylation sites (tertiary alicyclic amines) is 1. The van der Waals surface area contributed by atoms with Crippen LogP contribution in [0.15, 0.2) is 41.0 Å². The molecule has 1 aromatic heterocycles. The molecule has 4 rings (SSSR count). The molecule has 130 valence electrons. The van der Waals surface area contributed by atoms with Crippen LogP contribution in [0.1, 0.15) is 17.7 Å². The minimum absolute atomic E-state index is 0.0281. The Morgan fingerprint density at radius 1 is 1.24 bits per heavy atom. The first-order valence-corrected chi connectivity index (χ1v) is 8.15. The van der Waals surface area contributed by atoms with Crippen LogP contribution < -0.4 is 14.8 Å². The van der Waals surface area contributed by atoms with Gasteiger partial charge in [0.05, 0.1) is 18.7 Å². The topological polar surface area (TPSA) is 81.0 Å². The number of carbonyl (C=O) groups is 2. The number of fused-ring (bicyclic) bond motifs is 1. The smallest absolute Gasteiger partial charge is 0.231 e. The zero-order valence-electron chi connectivity index (χ0n) is 13.6. The second-order valence-electron chi connectivity index (χ2n) is 6.16. The van der Waals surface area contributed by atoms with Crippen LogP contribution in [-0.4, -0.2) is 30.1 Å². The van der Waals surface area contributed by atoms with E-state index < -0.39 is 0 Å². The van der Waals surface area contributed by atoms with Gasteiger partial charge in [0.25, 0.3) is 0 Å². The largest absolute Gasteiger partial charge is 0.467 e. The fraction of sp³-hybridized carbons (Fsp3) is 0.333. The Balaban J connectivity index is 1.31. The Kier molecular flexibility index (Phi) is 4.05. The number of hydrogen-bond donors (Lipinski definition) is 1. The van der Waals surface area contributed by atoms with Crippen LogP contribution in [0.4, 0.5) is 0 Å². The summed E-state index contributed by atoms with van der Waals surface area (Å²) in [6, 6.07) is 9.17. The molecule has 2 aliphatic rings. The molecule has 1 N–H and O–H groups in total. The highest BCUT2D eigenvalue weighted by atomic mass is 16.7. The molecule has 0 saturated carbocycles. The molecular formula is C18H18N2O5. The van der Waals surface area contributed by atoms with Gasteiger partial charge in [-0.15, -0.1) is 0 Å². The van der Waals surface area contributed by atoms with E-state index in [0.29, 0.717) is 31.1 Å². The summed E-state index contributed by atoms with van der Waals surface area (Å²) >= 11 is 0. The van der Waals surface area contributed by atoms with Gasteiger partial charge in [-0.1, -0.05) is 6.07 Å². The van der Waals surface area contributed by atoms with E-state index in [0.717, 1.165) is 11.3 Å². The quantitative estimate of drug-likeness (QED) is 0.894. The summed E-state index contributed by atoms with van der Waals surface area (Å²) < 4.78 is 15.9. The van der Waals surface area contributed by atoms with Crippen LogP contribution in [0.3, 0.4) is 0 Å². The van der Waals surface area contributed by atoms with Crippen molar-refractivity contribution in [1.82, 2.24) is 10.2 Å². The molecule has 1 unspecified atom stereocenters. The van der Waals surface area contributed by atoms with Crippen LogP contribution in [0, 0.1) is 5.92 Å². The molecule has 7 heteroatoms. The molecule has 2 amide bonds. The summed E-state index contributed by atoms with van der Waals surface area (Å²) in [4.78, 5) is 26.1. The standard InChI is InChI=1S/C18H18N2O5/c21-17-7-13(9-20(17)10-14-2-1-5-23-14)18(22)19-8-12-3-4-15-16(6-12)25-11-24-15/h1-6,13H,7-11H2,(H,19,22). The Bertz CT molecular complexity index is 787. The molecule has 1 atom stereocenters. The fourth-order valence-electron chi connectivity index (χ4n) is 3.08. The van der Waals surface area contributed by atoms with Crippen molar-refractivity contribution >= 4 is 11.8 Å². The molecule has 0 bridgehead atoms. The van der Waals surface area contributed by atoms with Gasteiger partial charge in [-0.3, -0.25) is 9.59 Å². The first-order chi connectivity index (χ1) is 12.2. The number of furan rings is 1. The van der Waals surface area contributed by atoms with Crippen molar-refractivity contribution in [2.75, 3.05) is 13.3 Å². The van der Waals surface area contributed by atoms with E-state index >= 15 is 0 Å². The zero-order valence-corrected chi connectivity index (χ0v) is 13.6. The molecule has 0 radical (unpaired) electrons. The molecule has 2 aliphatic heterocycles. The summed E-state index contributed by atoms with van der Waals surface area (Å²) in [6.07, 6.45) is 1.80. The Morgan fingerprint density at radius 2 is 2.12 bits per heavy atom. The molecular weight excluding hydrogens is 324 g/mol. The lowest BCUT2D eigenvalue weighted by Gasteiger charge is -2.15. The lowest BCUT2D eigenvalue weighted by molar-refractivity contribution is -0.129. The van der Waals surface area contributed by atoms with Crippen molar-refractivity contribution in [2.45, 2.75) is 19.5 Å². The second kappa shape index (κ2) is 6.51. The lowest BCUT2D eigenvalue weighted by Crippen LogP contribution is -2.32. The fourth-order valence-corrected chi connectivity index (χ4v) is 3.08. The number of nitrogens with one attached hydrogen (secondary N) is 1. The monoisotopic (exact) mass is 342 g/mol. The Labute approximate surface area is 144 Å². The number of rotatable bonds is 5.